The molecule has 0 nitrogen and oxygen atoms in total. The van der Waals surface area contributed by atoms with E-state index in [0.29, 0.717) is 0 Å². The van der Waals surface area contributed by atoms with Gasteiger partial charge in [0, 0.05) is 0 Å². The minimum Gasteiger partial charge on any atom is -0.0885 e. The fourth-order valence-corrected chi connectivity index (χ4v) is 4.92. The van der Waals surface area contributed by atoms with E-state index in [9.17, 15) is 0 Å². The Hall–Kier alpha value is -0.455. The number of unbranched alkanes of at least 4 members (excludes halogenated alkanes) is 5. The summed E-state index contributed by atoms with van der Waals surface area (Å²) in [5.41, 5.74) is 0. The molecule has 2 heterocycles. The summed E-state index contributed by atoms with van der Waals surface area (Å²) in [4.78, 5) is 0. The van der Waals surface area contributed by atoms with Crippen LogP contribution in [0.2, 0.25) is 11.1 Å². The second kappa shape index (κ2) is 11.2. The first-order chi connectivity index (χ1) is 11.3. The summed E-state index contributed by atoms with van der Waals surface area (Å²) in [6.07, 6.45) is 30.9. The normalized spacial score (nSPS) is 27.6. The van der Waals surface area contributed by atoms with Crippen molar-refractivity contribution in [3.05, 3.63) is 24.3 Å². The van der Waals surface area contributed by atoms with Crippen LogP contribution >= 0.6 is 0 Å². The van der Waals surface area contributed by atoms with Crippen LogP contribution in [0.3, 0.4) is 0 Å². The van der Waals surface area contributed by atoms with E-state index in [1.165, 1.54) is 83.5 Å². The van der Waals surface area contributed by atoms with Crippen molar-refractivity contribution < 1.29 is 0 Å². The van der Waals surface area contributed by atoms with E-state index in [-0.39, 0.29) is 0 Å². The molecule has 130 valence electrons. The largest absolute Gasteiger partial charge is 0.131 e. The zero-order valence-electron chi connectivity index (χ0n) is 15.7. The molecule has 0 radical (unpaired) electrons. The van der Waals surface area contributed by atoms with Crippen LogP contribution in [0.5, 0.6) is 0 Å². The quantitative estimate of drug-likeness (QED) is 0.212. The smallest absolute Gasteiger partial charge is 0.0885 e. The van der Waals surface area contributed by atoms with Crippen LogP contribution < -0.4 is 0 Å². The lowest BCUT2D eigenvalue weighted by atomic mass is 9.35. The van der Waals surface area contributed by atoms with Gasteiger partial charge in [0.05, 0.1) is 0 Å². The first-order valence-corrected chi connectivity index (χ1v) is 10.6. The standard InChI is InChI=1S/C22H39B/c1-2-3-4-5-6-7-8-9-10-11-12-13-18-22-19-14-16-21(23-22)17-15-20-22/h5-6,9-10,21,23H,2-4,7-8,11-20H2,1H3/b6-5+,10-9+. The molecule has 0 saturated carbocycles. The molecule has 0 unspecified atom stereocenters. The molecule has 0 aromatic carbocycles. The topological polar surface area (TPSA) is 0 Å². The van der Waals surface area contributed by atoms with Gasteiger partial charge in [-0.1, -0.05) is 107 Å². The van der Waals surface area contributed by atoms with Crippen LogP contribution in [0, 0.1) is 0 Å². The summed E-state index contributed by atoms with van der Waals surface area (Å²) in [5.74, 6) is 1.10. The average Bonchev–Trinajstić information content (AvgIpc) is 2.56. The molecule has 0 atom stereocenters. The molecular formula is C22H39B. The lowest BCUT2D eigenvalue weighted by Crippen LogP contribution is -2.32. The lowest BCUT2D eigenvalue weighted by molar-refractivity contribution is 0.325. The third-order valence-electron chi connectivity index (χ3n) is 6.25. The van der Waals surface area contributed by atoms with Gasteiger partial charge < -0.3 is 0 Å². The van der Waals surface area contributed by atoms with Gasteiger partial charge in [-0.15, -0.1) is 0 Å². The predicted octanol–water partition coefficient (Wildman–Crippen LogP) is 7.38. The second-order valence-electron chi connectivity index (χ2n) is 8.26. The van der Waals surface area contributed by atoms with Gasteiger partial charge >= 0.3 is 0 Å². The number of rotatable bonds is 11. The Balaban J connectivity index is 1.47. The lowest BCUT2D eigenvalue weighted by Gasteiger charge is -2.44. The predicted molar refractivity (Wildman–Crippen MR) is 107 cm³/mol. The van der Waals surface area contributed by atoms with Crippen LogP contribution in [0.4, 0.5) is 0 Å². The summed E-state index contributed by atoms with van der Waals surface area (Å²) < 4.78 is 0. The zero-order chi connectivity index (χ0) is 16.2. The monoisotopic (exact) mass is 314 g/mol. The molecule has 23 heavy (non-hydrogen) atoms. The number of allylic oxidation sites excluding steroid dienone is 4. The van der Waals surface area contributed by atoms with Gasteiger partial charge in [0.2, 0.25) is 0 Å². The highest BCUT2D eigenvalue weighted by Crippen LogP contribution is 2.54. The van der Waals surface area contributed by atoms with Gasteiger partial charge in [0.1, 0.15) is 7.28 Å². The third-order valence-corrected chi connectivity index (χ3v) is 6.25. The fourth-order valence-electron chi connectivity index (χ4n) is 4.92. The summed E-state index contributed by atoms with van der Waals surface area (Å²) in [7, 11) is 1.58. The second-order valence-corrected chi connectivity index (χ2v) is 8.26. The van der Waals surface area contributed by atoms with Gasteiger partial charge in [-0.3, -0.25) is 0 Å². The molecule has 0 aromatic rings. The van der Waals surface area contributed by atoms with Gasteiger partial charge in [-0.25, -0.2) is 0 Å². The highest BCUT2D eigenvalue weighted by molar-refractivity contribution is 6.42. The SMILES string of the molecule is CCCC/C=C/CC/C=C/CCCCC12BC(CCC1)CCC2. The van der Waals surface area contributed by atoms with Crippen molar-refractivity contribution in [1.29, 1.82) is 0 Å². The molecule has 2 bridgehead atoms. The molecule has 0 amide bonds. The maximum absolute atomic E-state index is 2.43. The van der Waals surface area contributed by atoms with Crippen LogP contribution in [0.25, 0.3) is 0 Å². The maximum Gasteiger partial charge on any atom is 0.131 e. The van der Waals surface area contributed by atoms with Crippen molar-refractivity contribution in [2.45, 2.75) is 114 Å². The minimum absolute atomic E-state index is 0.786. The number of fused-ring (bicyclic) bond motifs is 2. The molecule has 2 aliphatic heterocycles. The molecule has 2 saturated heterocycles. The Morgan fingerprint density at radius 3 is 2.09 bits per heavy atom. The van der Waals surface area contributed by atoms with Gasteiger partial charge in [-0.05, 0) is 32.1 Å². The zero-order valence-corrected chi connectivity index (χ0v) is 15.7. The Morgan fingerprint density at radius 2 is 1.43 bits per heavy atom. The van der Waals surface area contributed by atoms with E-state index >= 15 is 0 Å². The molecule has 0 aromatic heterocycles. The summed E-state index contributed by atoms with van der Waals surface area (Å²) in [6.45, 7) is 2.26. The number of hydrogen-bond acceptors (Lipinski definition) is 0. The van der Waals surface area contributed by atoms with E-state index in [0.717, 1.165) is 11.1 Å². The van der Waals surface area contributed by atoms with E-state index in [4.69, 9.17) is 0 Å². The number of hydrogen-bond donors (Lipinski definition) is 0. The highest BCUT2D eigenvalue weighted by Gasteiger charge is 2.39. The van der Waals surface area contributed by atoms with Gasteiger partial charge in [-0.2, -0.15) is 0 Å². The first kappa shape index (κ1) is 18.9. The summed E-state index contributed by atoms with van der Waals surface area (Å²) >= 11 is 0. The Morgan fingerprint density at radius 1 is 0.826 bits per heavy atom. The van der Waals surface area contributed by atoms with Gasteiger partial charge in [0.25, 0.3) is 0 Å². The van der Waals surface area contributed by atoms with Crippen molar-refractivity contribution in [2.75, 3.05) is 0 Å². The van der Waals surface area contributed by atoms with Crippen LogP contribution in [0.1, 0.15) is 103 Å². The van der Waals surface area contributed by atoms with E-state index in [1.807, 2.05) is 0 Å². The minimum atomic E-state index is 0.786. The maximum atomic E-state index is 2.43. The average molecular weight is 314 g/mol. The van der Waals surface area contributed by atoms with E-state index < -0.39 is 0 Å². The molecule has 2 aliphatic rings. The van der Waals surface area contributed by atoms with E-state index in [1.54, 1.807) is 20.1 Å². The van der Waals surface area contributed by atoms with Crippen molar-refractivity contribution >= 4 is 7.28 Å². The Labute approximate surface area is 146 Å². The van der Waals surface area contributed by atoms with Crippen molar-refractivity contribution in [3.63, 3.8) is 0 Å². The van der Waals surface area contributed by atoms with Crippen molar-refractivity contribution in [3.8, 4) is 0 Å². The molecule has 0 aliphatic carbocycles. The molecular weight excluding hydrogens is 275 g/mol. The van der Waals surface area contributed by atoms with Crippen LogP contribution in [-0.2, 0) is 0 Å². The molecule has 2 fully saturated rings. The van der Waals surface area contributed by atoms with Crippen molar-refractivity contribution in [2.24, 2.45) is 0 Å². The Kier molecular flexibility index (Phi) is 9.16. The molecule has 0 spiro atoms. The molecule has 1 heteroatoms. The van der Waals surface area contributed by atoms with Crippen LogP contribution in [-0.4, -0.2) is 7.28 Å². The summed E-state index contributed by atoms with van der Waals surface area (Å²) in [6, 6.07) is 0. The fraction of sp³-hybridized carbons (Fsp3) is 0.818. The third kappa shape index (κ3) is 7.31. The highest BCUT2D eigenvalue weighted by atomic mass is 14.3. The summed E-state index contributed by atoms with van der Waals surface area (Å²) in [5, 5.41) is 0.786. The molecule has 0 N–H and O–H groups in total. The van der Waals surface area contributed by atoms with E-state index in [2.05, 4.69) is 31.2 Å². The first-order valence-electron chi connectivity index (χ1n) is 10.6. The molecule has 2 rings (SSSR count). The van der Waals surface area contributed by atoms with Crippen molar-refractivity contribution in [1.82, 2.24) is 0 Å². The van der Waals surface area contributed by atoms with Crippen LogP contribution in [0.15, 0.2) is 24.3 Å². The Bertz CT molecular complexity index is 345. The van der Waals surface area contributed by atoms with Gasteiger partial charge in [0.15, 0.2) is 0 Å².